The molecule has 1 aliphatic carbocycles. The first-order valence-corrected chi connectivity index (χ1v) is 6.63. The van der Waals surface area contributed by atoms with E-state index in [1.165, 1.54) is 0 Å². The van der Waals surface area contributed by atoms with Gasteiger partial charge in [-0.15, -0.1) is 0 Å². The van der Waals surface area contributed by atoms with Crippen LogP contribution in [-0.2, 0) is 11.2 Å². The lowest BCUT2D eigenvalue weighted by atomic mass is 9.94. The first-order chi connectivity index (χ1) is 9.68. The highest BCUT2D eigenvalue weighted by atomic mass is 16.4. The number of benzene rings is 2. The van der Waals surface area contributed by atoms with E-state index in [4.69, 9.17) is 0 Å². The molecule has 100 valence electrons. The van der Waals surface area contributed by atoms with E-state index < -0.39 is 11.9 Å². The molecule has 3 heteroatoms. The van der Waals surface area contributed by atoms with Crippen LogP contribution in [0.2, 0.25) is 0 Å². The summed E-state index contributed by atoms with van der Waals surface area (Å²) in [7, 11) is 0. The van der Waals surface area contributed by atoms with Gasteiger partial charge >= 0.3 is 5.97 Å². The first kappa shape index (κ1) is 12.6. The minimum Gasteiger partial charge on any atom is -0.481 e. The quantitative estimate of drug-likeness (QED) is 0.869. The molecule has 0 fully saturated rings. The van der Waals surface area contributed by atoms with Crippen molar-refractivity contribution in [3.8, 4) is 0 Å². The predicted octanol–water partition coefficient (Wildman–Crippen LogP) is 3.03. The molecule has 1 aliphatic rings. The smallest absolute Gasteiger partial charge is 0.310 e. The predicted molar refractivity (Wildman–Crippen MR) is 75.0 cm³/mol. The van der Waals surface area contributed by atoms with Gasteiger partial charge in [-0.2, -0.15) is 0 Å². The van der Waals surface area contributed by atoms with E-state index in [0.717, 1.165) is 11.1 Å². The monoisotopic (exact) mass is 266 g/mol. The summed E-state index contributed by atoms with van der Waals surface area (Å²) in [5.41, 5.74) is 2.96. The highest BCUT2D eigenvalue weighted by molar-refractivity contribution is 6.10. The standard InChI is InChI=1S/C17H14O3/c18-16(11-5-2-1-3-6-11)14-8-4-7-12-13(14)9-10-15(12)17(19)20/h1-8,15H,9-10H2,(H,19,20)/t15-/m0/s1. The number of aliphatic carboxylic acids is 1. The van der Waals surface area contributed by atoms with Crippen LogP contribution >= 0.6 is 0 Å². The lowest BCUT2D eigenvalue weighted by Crippen LogP contribution is -2.09. The number of carboxylic acid groups (broad SMARTS) is 1. The molecule has 0 amide bonds. The van der Waals surface area contributed by atoms with Crippen LogP contribution in [0.15, 0.2) is 48.5 Å². The number of rotatable bonds is 3. The number of fused-ring (bicyclic) bond motifs is 1. The van der Waals surface area contributed by atoms with Crippen LogP contribution in [0.1, 0.15) is 39.4 Å². The third-order valence-corrected chi connectivity index (χ3v) is 3.85. The summed E-state index contributed by atoms with van der Waals surface area (Å²) < 4.78 is 0. The van der Waals surface area contributed by atoms with Gasteiger partial charge < -0.3 is 5.11 Å². The van der Waals surface area contributed by atoms with E-state index in [-0.39, 0.29) is 5.78 Å². The van der Waals surface area contributed by atoms with Gasteiger partial charge in [-0.3, -0.25) is 9.59 Å². The molecule has 20 heavy (non-hydrogen) atoms. The van der Waals surface area contributed by atoms with Crippen LogP contribution in [0.3, 0.4) is 0 Å². The summed E-state index contributed by atoms with van der Waals surface area (Å²) in [5, 5.41) is 9.22. The number of ketones is 1. The Morgan fingerprint density at radius 1 is 1.00 bits per heavy atom. The molecular formula is C17H14O3. The average Bonchev–Trinajstić information content (AvgIpc) is 2.91. The van der Waals surface area contributed by atoms with E-state index in [0.29, 0.717) is 24.0 Å². The summed E-state index contributed by atoms with van der Waals surface area (Å²) in [4.78, 5) is 23.8. The molecule has 0 aromatic heterocycles. The van der Waals surface area contributed by atoms with Gasteiger partial charge in [0.25, 0.3) is 0 Å². The zero-order valence-corrected chi connectivity index (χ0v) is 10.9. The van der Waals surface area contributed by atoms with Gasteiger partial charge in [-0.05, 0) is 24.0 Å². The van der Waals surface area contributed by atoms with Gasteiger partial charge in [0.1, 0.15) is 0 Å². The fourth-order valence-electron chi connectivity index (χ4n) is 2.87. The Bertz CT molecular complexity index is 674. The molecule has 1 atom stereocenters. The number of carbonyl (C=O) groups is 2. The van der Waals surface area contributed by atoms with Gasteiger partial charge in [0, 0.05) is 11.1 Å². The Balaban J connectivity index is 2.05. The van der Waals surface area contributed by atoms with E-state index in [1.54, 1.807) is 24.3 Å². The van der Waals surface area contributed by atoms with Gasteiger partial charge in [0.2, 0.25) is 0 Å². The number of carboxylic acids is 1. The summed E-state index contributed by atoms with van der Waals surface area (Å²) in [5.74, 6) is -1.32. The molecule has 0 saturated carbocycles. The Hall–Kier alpha value is -2.42. The van der Waals surface area contributed by atoms with Gasteiger partial charge in [-0.25, -0.2) is 0 Å². The van der Waals surface area contributed by atoms with E-state index in [9.17, 15) is 14.7 Å². The van der Waals surface area contributed by atoms with Crippen LogP contribution < -0.4 is 0 Å². The van der Waals surface area contributed by atoms with Crippen LogP contribution in [0.25, 0.3) is 0 Å². The average molecular weight is 266 g/mol. The maximum absolute atomic E-state index is 12.5. The van der Waals surface area contributed by atoms with Crippen molar-refractivity contribution < 1.29 is 14.7 Å². The fraction of sp³-hybridized carbons (Fsp3) is 0.176. The van der Waals surface area contributed by atoms with Crippen molar-refractivity contribution in [2.45, 2.75) is 18.8 Å². The van der Waals surface area contributed by atoms with Crippen molar-refractivity contribution in [3.05, 3.63) is 70.8 Å². The lowest BCUT2D eigenvalue weighted by molar-refractivity contribution is -0.138. The van der Waals surface area contributed by atoms with Gasteiger partial charge in [-0.1, -0.05) is 48.5 Å². The maximum atomic E-state index is 12.5. The second kappa shape index (κ2) is 4.93. The normalized spacial score (nSPS) is 16.7. The highest BCUT2D eigenvalue weighted by Gasteiger charge is 2.31. The molecule has 0 radical (unpaired) electrons. The number of hydrogen-bond acceptors (Lipinski definition) is 2. The Kier molecular flexibility index (Phi) is 3.11. The summed E-state index contributed by atoms with van der Waals surface area (Å²) in [6, 6.07) is 14.5. The zero-order chi connectivity index (χ0) is 14.1. The number of hydrogen-bond donors (Lipinski definition) is 1. The summed E-state index contributed by atoms with van der Waals surface area (Å²) in [6.07, 6.45) is 1.23. The maximum Gasteiger partial charge on any atom is 0.310 e. The Morgan fingerprint density at radius 3 is 2.45 bits per heavy atom. The van der Waals surface area contributed by atoms with Crippen molar-refractivity contribution in [1.82, 2.24) is 0 Å². The molecule has 0 bridgehead atoms. The summed E-state index contributed by atoms with van der Waals surface area (Å²) >= 11 is 0. The van der Waals surface area contributed by atoms with Gasteiger partial charge in [0.15, 0.2) is 5.78 Å². The molecule has 3 rings (SSSR count). The number of carbonyl (C=O) groups excluding carboxylic acids is 1. The minimum absolute atomic E-state index is 0.0338. The summed E-state index contributed by atoms with van der Waals surface area (Å²) in [6.45, 7) is 0. The lowest BCUT2D eigenvalue weighted by Gasteiger charge is -2.09. The van der Waals surface area contributed by atoms with Gasteiger partial charge in [0.05, 0.1) is 5.92 Å². The zero-order valence-electron chi connectivity index (χ0n) is 10.9. The van der Waals surface area contributed by atoms with Crippen molar-refractivity contribution >= 4 is 11.8 Å². The fourth-order valence-corrected chi connectivity index (χ4v) is 2.87. The third kappa shape index (κ3) is 2.01. The van der Waals surface area contributed by atoms with Crippen LogP contribution in [0.5, 0.6) is 0 Å². The topological polar surface area (TPSA) is 54.4 Å². The van der Waals surface area contributed by atoms with Crippen molar-refractivity contribution in [3.63, 3.8) is 0 Å². The third-order valence-electron chi connectivity index (χ3n) is 3.85. The SMILES string of the molecule is O=C(c1ccccc1)c1cccc2c1CC[C@@H]2C(=O)O. The van der Waals surface area contributed by atoms with E-state index >= 15 is 0 Å². The van der Waals surface area contributed by atoms with Crippen molar-refractivity contribution in [2.24, 2.45) is 0 Å². The second-order valence-electron chi connectivity index (χ2n) is 5.00. The Morgan fingerprint density at radius 2 is 1.75 bits per heavy atom. The molecule has 0 spiro atoms. The second-order valence-corrected chi connectivity index (χ2v) is 5.00. The van der Waals surface area contributed by atoms with Crippen LogP contribution in [0.4, 0.5) is 0 Å². The minimum atomic E-state index is -0.812. The molecule has 2 aromatic rings. The molecule has 2 aromatic carbocycles. The van der Waals surface area contributed by atoms with E-state index in [1.807, 2.05) is 24.3 Å². The molecule has 0 saturated heterocycles. The molecular weight excluding hydrogens is 252 g/mol. The molecule has 0 aliphatic heterocycles. The molecule has 0 unspecified atom stereocenters. The van der Waals surface area contributed by atoms with Crippen LogP contribution in [0, 0.1) is 0 Å². The Labute approximate surface area is 116 Å². The molecule has 0 heterocycles. The van der Waals surface area contributed by atoms with E-state index in [2.05, 4.69) is 0 Å². The molecule has 1 N–H and O–H groups in total. The van der Waals surface area contributed by atoms with Crippen LogP contribution in [-0.4, -0.2) is 16.9 Å². The van der Waals surface area contributed by atoms with Crippen molar-refractivity contribution in [2.75, 3.05) is 0 Å². The van der Waals surface area contributed by atoms with Crippen molar-refractivity contribution in [1.29, 1.82) is 0 Å². The largest absolute Gasteiger partial charge is 0.481 e. The first-order valence-electron chi connectivity index (χ1n) is 6.63. The highest BCUT2D eigenvalue weighted by Crippen LogP contribution is 2.35. The molecule has 3 nitrogen and oxygen atoms in total.